The van der Waals surface area contributed by atoms with Gasteiger partial charge in [0.15, 0.2) is 0 Å². The summed E-state index contributed by atoms with van der Waals surface area (Å²) >= 11 is 4.66. The number of nitrogens with two attached hydrogens (primary N) is 1. The molecule has 0 aromatic heterocycles. The Labute approximate surface area is 92.3 Å². The molecule has 4 nitrogen and oxygen atoms in total. The number of hydrogen-bond donors (Lipinski definition) is 2. The third kappa shape index (κ3) is 3.45. The Balaban J connectivity index is 3.24. The van der Waals surface area contributed by atoms with E-state index >= 15 is 0 Å². The number of halogens is 1. The standard InChI is InChI=1S/C8H8FN2O2S2/c1-15(12,13)11-7-3-2-5(9)4-6(7)8(10)14/h3-4,11H,1H3,(H2,10,14). The van der Waals surface area contributed by atoms with Crippen LogP contribution in [0.1, 0.15) is 5.56 Å². The maximum Gasteiger partial charge on any atom is 0.229 e. The number of rotatable bonds is 3. The lowest BCUT2D eigenvalue weighted by Gasteiger charge is -2.08. The van der Waals surface area contributed by atoms with Crippen LogP contribution in [0, 0.1) is 11.9 Å². The predicted molar refractivity (Wildman–Crippen MR) is 59.6 cm³/mol. The molecule has 0 saturated heterocycles. The zero-order chi connectivity index (χ0) is 11.6. The molecule has 0 saturated carbocycles. The Bertz CT molecular complexity index is 499. The Hall–Kier alpha value is -1.21. The highest BCUT2D eigenvalue weighted by molar-refractivity contribution is 7.92. The lowest BCUT2D eigenvalue weighted by Crippen LogP contribution is -2.17. The van der Waals surface area contributed by atoms with Crippen LogP contribution in [0.4, 0.5) is 10.1 Å². The van der Waals surface area contributed by atoms with E-state index in [4.69, 9.17) is 5.73 Å². The highest BCUT2D eigenvalue weighted by Gasteiger charge is 2.10. The van der Waals surface area contributed by atoms with Crippen molar-refractivity contribution in [1.29, 1.82) is 0 Å². The molecule has 0 amide bonds. The van der Waals surface area contributed by atoms with Crippen LogP contribution in [0.25, 0.3) is 0 Å². The molecule has 0 aliphatic carbocycles. The minimum atomic E-state index is -3.45. The summed E-state index contributed by atoms with van der Waals surface area (Å²) in [6, 6.07) is 4.38. The highest BCUT2D eigenvalue weighted by atomic mass is 32.2. The molecule has 1 aromatic rings. The SMILES string of the molecule is CS(=O)(=O)Nc1c[c]c(F)cc1C(N)=S. The van der Waals surface area contributed by atoms with Crippen molar-refractivity contribution in [3.05, 3.63) is 29.6 Å². The van der Waals surface area contributed by atoms with Gasteiger partial charge >= 0.3 is 0 Å². The van der Waals surface area contributed by atoms with Gasteiger partial charge < -0.3 is 5.73 Å². The molecule has 1 radical (unpaired) electrons. The van der Waals surface area contributed by atoms with E-state index in [-0.39, 0.29) is 16.2 Å². The molecule has 0 bridgehead atoms. The van der Waals surface area contributed by atoms with E-state index in [0.29, 0.717) is 0 Å². The minimum absolute atomic E-state index is 0.0888. The van der Waals surface area contributed by atoms with Gasteiger partial charge in [-0.25, -0.2) is 12.8 Å². The first kappa shape index (κ1) is 11.9. The Morgan fingerprint density at radius 2 is 2.27 bits per heavy atom. The van der Waals surface area contributed by atoms with E-state index < -0.39 is 15.8 Å². The van der Waals surface area contributed by atoms with Gasteiger partial charge in [-0.3, -0.25) is 4.72 Å². The van der Waals surface area contributed by atoms with E-state index in [0.717, 1.165) is 18.4 Å². The average Bonchev–Trinajstić information content (AvgIpc) is 2.05. The molecule has 0 aliphatic heterocycles. The summed E-state index contributed by atoms with van der Waals surface area (Å²) in [7, 11) is -3.45. The maximum atomic E-state index is 12.8. The van der Waals surface area contributed by atoms with Crippen LogP contribution >= 0.6 is 12.2 Å². The first-order valence-electron chi connectivity index (χ1n) is 3.78. The summed E-state index contributed by atoms with van der Waals surface area (Å²) in [5.74, 6) is -0.656. The number of nitrogens with one attached hydrogen (secondary N) is 1. The number of hydrogen-bond acceptors (Lipinski definition) is 3. The van der Waals surface area contributed by atoms with E-state index in [2.05, 4.69) is 23.0 Å². The Morgan fingerprint density at radius 1 is 1.67 bits per heavy atom. The molecule has 1 rings (SSSR count). The Kier molecular flexibility index (Phi) is 3.25. The number of benzene rings is 1. The van der Waals surface area contributed by atoms with Crippen molar-refractivity contribution in [2.45, 2.75) is 0 Å². The molecular formula is C8H8FN2O2S2. The zero-order valence-corrected chi connectivity index (χ0v) is 9.38. The van der Waals surface area contributed by atoms with Crippen molar-refractivity contribution in [1.82, 2.24) is 0 Å². The van der Waals surface area contributed by atoms with Crippen LogP contribution in [0.2, 0.25) is 0 Å². The molecule has 0 aliphatic rings. The van der Waals surface area contributed by atoms with Gasteiger partial charge in [0, 0.05) is 11.6 Å². The number of sulfonamides is 1. The fourth-order valence-corrected chi connectivity index (χ4v) is 1.69. The topological polar surface area (TPSA) is 72.2 Å². The average molecular weight is 247 g/mol. The first-order chi connectivity index (χ1) is 6.79. The van der Waals surface area contributed by atoms with Crippen molar-refractivity contribution in [3.8, 4) is 0 Å². The molecule has 0 spiro atoms. The summed E-state index contributed by atoms with van der Waals surface area (Å²) in [5.41, 5.74) is 5.57. The molecule has 81 valence electrons. The van der Waals surface area contributed by atoms with Crippen molar-refractivity contribution < 1.29 is 12.8 Å². The summed E-state index contributed by atoms with van der Waals surface area (Å²) in [6.45, 7) is 0. The van der Waals surface area contributed by atoms with Crippen molar-refractivity contribution in [2.24, 2.45) is 5.73 Å². The smallest absolute Gasteiger partial charge is 0.229 e. The summed E-state index contributed by atoms with van der Waals surface area (Å²) < 4.78 is 36.9. The highest BCUT2D eigenvalue weighted by Crippen LogP contribution is 2.17. The zero-order valence-electron chi connectivity index (χ0n) is 7.74. The van der Waals surface area contributed by atoms with E-state index in [1.165, 1.54) is 0 Å². The van der Waals surface area contributed by atoms with Gasteiger partial charge in [0.1, 0.15) is 10.8 Å². The molecule has 15 heavy (non-hydrogen) atoms. The second kappa shape index (κ2) is 4.11. The van der Waals surface area contributed by atoms with Gasteiger partial charge in [-0.1, -0.05) is 12.2 Å². The van der Waals surface area contributed by atoms with E-state index in [1.807, 2.05) is 0 Å². The molecule has 0 unspecified atom stereocenters. The van der Waals surface area contributed by atoms with E-state index in [9.17, 15) is 12.8 Å². The lowest BCUT2D eigenvalue weighted by atomic mass is 10.2. The van der Waals surface area contributed by atoms with Gasteiger partial charge in [-0.15, -0.1) is 0 Å². The molecule has 0 heterocycles. The first-order valence-corrected chi connectivity index (χ1v) is 6.08. The summed E-state index contributed by atoms with van der Waals surface area (Å²) in [5, 5.41) is 0. The van der Waals surface area contributed by atoms with Crippen LogP contribution in [-0.2, 0) is 10.0 Å². The van der Waals surface area contributed by atoms with Gasteiger partial charge in [-0.05, 0) is 12.1 Å². The van der Waals surface area contributed by atoms with Gasteiger partial charge in [0.2, 0.25) is 10.0 Å². The monoisotopic (exact) mass is 247 g/mol. The molecule has 0 atom stereocenters. The van der Waals surface area contributed by atoms with Crippen molar-refractivity contribution in [2.75, 3.05) is 11.0 Å². The van der Waals surface area contributed by atoms with Crippen molar-refractivity contribution in [3.63, 3.8) is 0 Å². The molecular weight excluding hydrogens is 239 g/mol. The summed E-state index contributed by atoms with van der Waals surface area (Å²) in [6.07, 6.45) is 0.972. The van der Waals surface area contributed by atoms with Crippen LogP contribution in [0.3, 0.4) is 0 Å². The molecule has 3 N–H and O–H groups in total. The normalized spacial score (nSPS) is 11.1. The van der Waals surface area contributed by atoms with Crippen LogP contribution in [-0.4, -0.2) is 19.7 Å². The Morgan fingerprint density at radius 3 is 2.73 bits per heavy atom. The lowest BCUT2D eigenvalue weighted by molar-refractivity contribution is 0.606. The third-order valence-electron chi connectivity index (χ3n) is 1.48. The largest absolute Gasteiger partial charge is 0.389 e. The fraction of sp³-hybridized carbons (Fsp3) is 0.125. The van der Waals surface area contributed by atoms with Gasteiger partial charge in [-0.2, -0.15) is 0 Å². The molecule has 1 aromatic carbocycles. The predicted octanol–water partition coefficient (Wildman–Crippen LogP) is 0.632. The van der Waals surface area contributed by atoms with E-state index in [1.54, 1.807) is 0 Å². The van der Waals surface area contributed by atoms with Gasteiger partial charge in [0.05, 0.1) is 11.9 Å². The third-order valence-corrected chi connectivity index (χ3v) is 2.29. The maximum absolute atomic E-state index is 12.8. The second-order valence-corrected chi connectivity index (χ2v) is 5.04. The fourth-order valence-electron chi connectivity index (χ4n) is 0.953. The number of thiocarbonyl (C=S) groups is 1. The molecule has 7 heteroatoms. The van der Waals surface area contributed by atoms with Crippen LogP contribution in [0.15, 0.2) is 12.1 Å². The summed E-state index contributed by atoms with van der Waals surface area (Å²) in [4.78, 5) is -0.0888. The van der Waals surface area contributed by atoms with Crippen LogP contribution < -0.4 is 10.5 Å². The van der Waals surface area contributed by atoms with Gasteiger partial charge in [0.25, 0.3) is 0 Å². The number of anilines is 1. The van der Waals surface area contributed by atoms with Crippen LogP contribution in [0.5, 0.6) is 0 Å². The second-order valence-electron chi connectivity index (χ2n) is 2.85. The quantitative estimate of drug-likeness (QED) is 0.768. The minimum Gasteiger partial charge on any atom is -0.389 e. The molecule has 0 fully saturated rings. The van der Waals surface area contributed by atoms with Crippen molar-refractivity contribution >= 4 is 32.9 Å².